The molecule has 2 N–H and O–H groups in total. The standard InChI is InChI=1S/C15H16N4/c1-11-6-8-13(9-7-11)15(16)19-18-12(2)14-5-3-4-10-17-14/h3-10H,1-2H3,(H2,16,19)/b18-12+. The van der Waals surface area contributed by atoms with Gasteiger partial charge in [-0.05, 0) is 26.0 Å². The van der Waals surface area contributed by atoms with Gasteiger partial charge in [-0.15, -0.1) is 5.10 Å². The molecule has 0 aliphatic carbocycles. The summed E-state index contributed by atoms with van der Waals surface area (Å²) in [6.45, 7) is 3.88. The average molecular weight is 252 g/mol. The van der Waals surface area contributed by atoms with Crippen molar-refractivity contribution in [1.82, 2.24) is 4.98 Å². The van der Waals surface area contributed by atoms with Crippen LogP contribution in [0.15, 0.2) is 58.9 Å². The van der Waals surface area contributed by atoms with E-state index in [1.165, 1.54) is 5.56 Å². The normalized spacial score (nSPS) is 12.5. The van der Waals surface area contributed by atoms with Crippen LogP contribution in [0.1, 0.15) is 23.7 Å². The second-order valence-corrected chi connectivity index (χ2v) is 4.25. The first-order valence-electron chi connectivity index (χ1n) is 6.03. The highest BCUT2D eigenvalue weighted by Gasteiger charge is 1.99. The Morgan fingerprint density at radius 2 is 1.79 bits per heavy atom. The molecule has 0 atom stereocenters. The number of aromatic nitrogens is 1. The van der Waals surface area contributed by atoms with E-state index in [1.807, 2.05) is 56.3 Å². The molecular weight excluding hydrogens is 236 g/mol. The molecule has 1 aromatic heterocycles. The zero-order valence-electron chi connectivity index (χ0n) is 11.0. The quantitative estimate of drug-likeness (QED) is 0.518. The Morgan fingerprint density at radius 1 is 1.05 bits per heavy atom. The smallest absolute Gasteiger partial charge is 0.153 e. The van der Waals surface area contributed by atoms with E-state index in [1.54, 1.807) is 6.20 Å². The van der Waals surface area contributed by atoms with E-state index in [9.17, 15) is 0 Å². The van der Waals surface area contributed by atoms with Crippen molar-refractivity contribution in [2.45, 2.75) is 13.8 Å². The average Bonchev–Trinajstić information content (AvgIpc) is 2.46. The Morgan fingerprint density at radius 3 is 2.42 bits per heavy atom. The summed E-state index contributed by atoms with van der Waals surface area (Å²) >= 11 is 0. The third kappa shape index (κ3) is 3.48. The van der Waals surface area contributed by atoms with Crippen molar-refractivity contribution in [2.75, 3.05) is 0 Å². The van der Waals surface area contributed by atoms with Crippen LogP contribution < -0.4 is 5.73 Å². The molecule has 0 aliphatic rings. The van der Waals surface area contributed by atoms with Crippen LogP contribution in [0.5, 0.6) is 0 Å². The van der Waals surface area contributed by atoms with E-state index in [4.69, 9.17) is 5.73 Å². The van der Waals surface area contributed by atoms with Crippen molar-refractivity contribution in [3.63, 3.8) is 0 Å². The van der Waals surface area contributed by atoms with Crippen molar-refractivity contribution >= 4 is 11.5 Å². The molecule has 2 aromatic rings. The maximum atomic E-state index is 5.89. The minimum Gasteiger partial charge on any atom is -0.382 e. The SMILES string of the molecule is C/C(=N\N=C(/N)c1ccc(C)cc1)c1ccccn1. The van der Waals surface area contributed by atoms with Gasteiger partial charge in [-0.25, -0.2) is 0 Å². The predicted octanol–water partition coefficient (Wildman–Crippen LogP) is 2.52. The number of pyridine rings is 1. The Bertz CT molecular complexity index is 598. The summed E-state index contributed by atoms with van der Waals surface area (Å²) in [6, 6.07) is 13.5. The van der Waals surface area contributed by atoms with Crippen LogP contribution in [0, 0.1) is 6.92 Å². The largest absolute Gasteiger partial charge is 0.382 e. The van der Waals surface area contributed by atoms with Crippen LogP contribution in [-0.2, 0) is 0 Å². The highest BCUT2D eigenvalue weighted by Crippen LogP contribution is 2.03. The lowest BCUT2D eigenvalue weighted by Gasteiger charge is -2.00. The first-order chi connectivity index (χ1) is 9.16. The number of rotatable bonds is 3. The summed E-state index contributed by atoms with van der Waals surface area (Å²) in [6.07, 6.45) is 1.72. The fourth-order valence-electron chi connectivity index (χ4n) is 1.54. The van der Waals surface area contributed by atoms with E-state index >= 15 is 0 Å². The summed E-state index contributed by atoms with van der Waals surface area (Å²) in [5.41, 5.74) is 9.47. The van der Waals surface area contributed by atoms with Crippen LogP contribution in [0.3, 0.4) is 0 Å². The monoisotopic (exact) mass is 252 g/mol. The van der Waals surface area contributed by atoms with Gasteiger partial charge in [0, 0.05) is 11.8 Å². The first kappa shape index (κ1) is 13.0. The number of amidine groups is 1. The van der Waals surface area contributed by atoms with Gasteiger partial charge in [0.25, 0.3) is 0 Å². The second kappa shape index (κ2) is 5.91. The van der Waals surface area contributed by atoms with E-state index in [0.29, 0.717) is 5.84 Å². The molecule has 2 rings (SSSR count). The number of hydrogen-bond donors (Lipinski definition) is 1. The van der Waals surface area contributed by atoms with E-state index in [-0.39, 0.29) is 0 Å². The molecule has 19 heavy (non-hydrogen) atoms. The molecule has 0 unspecified atom stereocenters. The van der Waals surface area contributed by atoms with Gasteiger partial charge in [0.05, 0.1) is 11.4 Å². The summed E-state index contributed by atoms with van der Waals surface area (Å²) < 4.78 is 0. The Kier molecular flexibility index (Phi) is 4.03. The molecule has 0 radical (unpaired) electrons. The lowest BCUT2D eigenvalue weighted by atomic mass is 10.1. The molecule has 1 aromatic carbocycles. The second-order valence-electron chi connectivity index (χ2n) is 4.25. The third-order valence-corrected chi connectivity index (χ3v) is 2.69. The van der Waals surface area contributed by atoms with E-state index in [0.717, 1.165) is 17.0 Å². The molecule has 1 heterocycles. The van der Waals surface area contributed by atoms with Gasteiger partial charge in [0.15, 0.2) is 5.84 Å². The lowest BCUT2D eigenvalue weighted by molar-refractivity contribution is 1.18. The van der Waals surface area contributed by atoms with Gasteiger partial charge in [-0.1, -0.05) is 35.9 Å². The summed E-state index contributed by atoms with van der Waals surface area (Å²) in [5.74, 6) is 0.398. The lowest BCUT2D eigenvalue weighted by Crippen LogP contribution is -2.13. The Labute approximate surface area is 112 Å². The molecule has 0 saturated carbocycles. The summed E-state index contributed by atoms with van der Waals surface area (Å²) in [5, 5.41) is 8.15. The molecule has 0 aliphatic heterocycles. The molecule has 4 nitrogen and oxygen atoms in total. The van der Waals surface area contributed by atoms with Crippen molar-refractivity contribution in [1.29, 1.82) is 0 Å². The maximum absolute atomic E-state index is 5.89. The van der Waals surface area contributed by atoms with Crippen LogP contribution in [0.2, 0.25) is 0 Å². The molecule has 0 saturated heterocycles. The van der Waals surface area contributed by atoms with Crippen molar-refractivity contribution in [3.05, 3.63) is 65.5 Å². The van der Waals surface area contributed by atoms with Crippen molar-refractivity contribution in [3.8, 4) is 0 Å². The highest BCUT2D eigenvalue weighted by molar-refractivity contribution is 6.00. The predicted molar refractivity (Wildman–Crippen MR) is 78.4 cm³/mol. The van der Waals surface area contributed by atoms with Crippen LogP contribution in [0.25, 0.3) is 0 Å². The zero-order valence-corrected chi connectivity index (χ0v) is 11.0. The summed E-state index contributed by atoms with van der Waals surface area (Å²) in [7, 11) is 0. The van der Waals surface area contributed by atoms with E-state index < -0.39 is 0 Å². The minimum absolute atomic E-state index is 0.398. The Balaban J connectivity index is 2.20. The minimum atomic E-state index is 0.398. The molecule has 0 bridgehead atoms. The molecular formula is C15H16N4. The number of hydrogen-bond acceptors (Lipinski definition) is 3. The topological polar surface area (TPSA) is 63.6 Å². The maximum Gasteiger partial charge on any atom is 0.153 e. The van der Waals surface area contributed by atoms with Crippen LogP contribution in [-0.4, -0.2) is 16.5 Å². The Hall–Kier alpha value is -2.49. The van der Waals surface area contributed by atoms with Crippen molar-refractivity contribution < 1.29 is 0 Å². The first-order valence-corrected chi connectivity index (χ1v) is 6.03. The zero-order chi connectivity index (χ0) is 13.7. The van der Waals surface area contributed by atoms with Gasteiger partial charge in [0.1, 0.15) is 0 Å². The fraction of sp³-hybridized carbons (Fsp3) is 0.133. The molecule has 96 valence electrons. The van der Waals surface area contributed by atoms with Gasteiger partial charge < -0.3 is 5.73 Å². The number of nitrogens with zero attached hydrogens (tertiary/aromatic N) is 3. The number of aryl methyl sites for hydroxylation is 1. The number of nitrogens with two attached hydrogens (primary N) is 1. The molecule has 0 amide bonds. The summed E-state index contributed by atoms with van der Waals surface area (Å²) in [4.78, 5) is 4.20. The highest BCUT2D eigenvalue weighted by atomic mass is 15.2. The van der Waals surface area contributed by atoms with E-state index in [2.05, 4.69) is 15.2 Å². The fourth-order valence-corrected chi connectivity index (χ4v) is 1.54. The van der Waals surface area contributed by atoms with Crippen LogP contribution in [0.4, 0.5) is 0 Å². The molecule has 4 heteroatoms. The van der Waals surface area contributed by atoms with Gasteiger partial charge in [-0.3, -0.25) is 4.98 Å². The van der Waals surface area contributed by atoms with Gasteiger partial charge in [0.2, 0.25) is 0 Å². The van der Waals surface area contributed by atoms with Gasteiger partial charge in [-0.2, -0.15) is 5.10 Å². The third-order valence-electron chi connectivity index (χ3n) is 2.69. The van der Waals surface area contributed by atoms with Crippen molar-refractivity contribution in [2.24, 2.45) is 15.9 Å². The van der Waals surface area contributed by atoms with Gasteiger partial charge >= 0.3 is 0 Å². The number of benzene rings is 1. The van der Waals surface area contributed by atoms with Crippen LogP contribution >= 0.6 is 0 Å². The molecule has 0 fully saturated rings. The molecule has 0 spiro atoms.